The Bertz CT molecular complexity index is 760. The Labute approximate surface area is 147 Å². The second-order valence-electron chi connectivity index (χ2n) is 6.71. The molecule has 0 aliphatic rings. The van der Waals surface area contributed by atoms with Crippen LogP contribution in [0.25, 0.3) is 11.0 Å². The van der Waals surface area contributed by atoms with Gasteiger partial charge in [0.15, 0.2) is 0 Å². The van der Waals surface area contributed by atoms with Crippen molar-refractivity contribution in [2.24, 2.45) is 5.41 Å². The highest BCUT2D eigenvalue weighted by Crippen LogP contribution is 2.23. The van der Waals surface area contributed by atoms with Gasteiger partial charge in [-0.2, -0.15) is 0 Å². The van der Waals surface area contributed by atoms with Gasteiger partial charge >= 0.3 is 11.6 Å². The van der Waals surface area contributed by atoms with Gasteiger partial charge in [0.2, 0.25) is 0 Å². The summed E-state index contributed by atoms with van der Waals surface area (Å²) in [6.07, 6.45) is 3.27. The van der Waals surface area contributed by atoms with E-state index in [2.05, 4.69) is 0 Å². The lowest BCUT2D eigenvalue weighted by molar-refractivity contribution is -0.154. The molecule has 0 saturated carbocycles. The molecule has 1 aromatic carbocycles. The number of carbonyl (C=O) groups is 1. The molecule has 0 unspecified atom stereocenters. The molecule has 0 radical (unpaired) electrons. The molecule has 0 spiro atoms. The van der Waals surface area contributed by atoms with Gasteiger partial charge in [0.25, 0.3) is 0 Å². The van der Waals surface area contributed by atoms with Gasteiger partial charge in [0, 0.05) is 0 Å². The van der Waals surface area contributed by atoms with E-state index in [9.17, 15) is 9.59 Å². The van der Waals surface area contributed by atoms with E-state index < -0.39 is 11.0 Å². The first-order valence-corrected chi connectivity index (χ1v) is 8.77. The van der Waals surface area contributed by atoms with Gasteiger partial charge in [-0.15, -0.1) is 0 Å². The Morgan fingerprint density at radius 2 is 1.84 bits per heavy atom. The van der Waals surface area contributed by atoms with Gasteiger partial charge < -0.3 is 13.9 Å². The molecule has 1 aromatic heterocycles. The van der Waals surface area contributed by atoms with Gasteiger partial charge in [-0.1, -0.05) is 19.1 Å². The summed E-state index contributed by atoms with van der Waals surface area (Å²) < 4.78 is 16.2. The first-order chi connectivity index (χ1) is 11.9. The van der Waals surface area contributed by atoms with Crippen molar-refractivity contribution >= 4 is 16.9 Å². The lowest BCUT2D eigenvalue weighted by Crippen LogP contribution is -2.26. The molecule has 2 rings (SSSR count). The zero-order chi connectivity index (χ0) is 18.3. The molecule has 0 fully saturated rings. The van der Waals surface area contributed by atoms with E-state index >= 15 is 0 Å². The monoisotopic (exact) mass is 346 g/mol. The Morgan fingerprint density at radius 3 is 2.60 bits per heavy atom. The summed E-state index contributed by atoms with van der Waals surface area (Å²) in [6, 6.07) is 8.67. The number of carbonyl (C=O) groups excluding carboxylic acids is 1. The summed E-state index contributed by atoms with van der Waals surface area (Å²) in [6.45, 7) is 6.70. The fourth-order valence-corrected chi connectivity index (χ4v) is 2.27. The Hall–Kier alpha value is -2.30. The van der Waals surface area contributed by atoms with Crippen LogP contribution in [0.3, 0.4) is 0 Å². The van der Waals surface area contributed by atoms with Crippen LogP contribution in [0.2, 0.25) is 0 Å². The molecule has 0 N–H and O–H groups in total. The third-order valence-electron chi connectivity index (χ3n) is 4.33. The summed E-state index contributed by atoms with van der Waals surface area (Å²) in [4.78, 5) is 23.4. The van der Waals surface area contributed by atoms with Crippen LogP contribution in [-0.4, -0.2) is 19.2 Å². The molecule has 25 heavy (non-hydrogen) atoms. The van der Waals surface area contributed by atoms with Crippen molar-refractivity contribution in [3.63, 3.8) is 0 Å². The predicted octanol–water partition coefficient (Wildman–Crippen LogP) is 4.32. The van der Waals surface area contributed by atoms with Crippen molar-refractivity contribution in [2.75, 3.05) is 13.2 Å². The molecule has 5 nitrogen and oxygen atoms in total. The average Bonchev–Trinajstić information content (AvgIpc) is 2.60. The van der Waals surface area contributed by atoms with Crippen LogP contribution in [0.4, 0.5) is 0 Å². The van der Waals surface area contributed by atoms with Crippen molar-refractivity contribution in [3.8, 4) is 5.75 Å². The number of unbranched alkanes of at least 4 members (excludes halogenated alkanes) is 2. The minimum Gasteiger partial charge on any atom is -0.493 e. The number of fused-ring (bicyclic) bond motifs is 1. The van der Waals surface area contributed by atoms with Crippen LogP contribution < -0.4 is 10.4 Å². The number of hydrogen-bond donors (Lipinski definition) is 0. The van der Waals surface area contributed by atoms with Crippen molar-refractivity contribution in [1.82, 2.24) is 0 Å². The first-order valence-electron chi connectivity index (χ1n) is 8.77. The van der Waals surface area contributed by atoms with E-state index in [0.717, 1.165) is 31.1 Å². The van der Waals surface area contributed by atoms with E-state index in [4.69, 9.17) is 13.9 Å². The van der Waals surface area contributed by atoms with Gasteiger partial charge in [-0.05, 0) is 51.7 Å². The summed E-state index contributed by atoms with van der Waals surface area (Å²) in [5, 5.41) is 0.790. The largest absolute Gasteiger partial charge is 0.493 e. The molecule has 0 aliphatic heterocycles. The highest BCUT2D eigenvalue weighted by atomic mass is 16.5. The maximum absolute atomic E-state index is 11.8. The molecule has 0 atom stereocenters. The van der Waals surface area contributed by atoms with Crippen LogP contribution in [0, 0.1) is 5.41 Å². The molecule has 2 aromatic rings. The van der Waals surface area contributed by atoms with E-state index in [1.165, 1.54) is 6.07 Å². The number of esters is 1. The molecule has 1 heterocycles. The van der Waals surface area contributed by atoms with Gasteiger partial charge in [-0.25, -0.2) is 4.79 Å². The zero-order valence-corrected chi connectivity index (χ0v) is 15.2. The van der Waals surface area contributed by atoms with Crippen molar-refractivity contribution in [2.45, 2.75) is 46.5 Å². The number of para-hydroxylation sites is 1. The number of ether oxygens (including phenoxy) is 2. The summed E-state index contributed by atoms with van der Waals surface area (Å²) in [5.74, 6) is 0.400. The highest BCUT2D eigenvalue weighted by Gasteiger charge is 2.26. The molecule has 0 bridgehead atoms. The number of benzene rings is 1. The summed E-state index contributed by atoms with van der Waals surface area (Å²) >= 11 is 0. The Kier molecular flexibility index (Phi) is 6.62. The van der Waals surface area contributed by atoms with Crippen LogP contribution in [0.1, 0.15) is 46.5 Å². The maximum Gasteiger partial charge on any atom is 0.339 e. The molecule has 0 aliphatic carbocycles. The molecule has 5 heteroatoms. The molecule has 136 valence electrons. The lowest BCUT2D eigenvalue weighted by atomic mass is 9.91. The van der Waals surface area contributed by atoms with Crippen molar-refractivity contribution in [1.29, 1.82) is 0 Å². The van der Waals surface area contributed by atoms with Crippen LogP contribution in [-0.2, 0) is 9.53 Å². The predicted molar refractivity (Wildman–Crippen MR) is 96.9 cm³/mol. The van der Waals surface area contributed by atoms with E-state index in [1.54, 1.807) is 6.07 Å². The van der Waals surface area contributed by atoms with Crippen molar-refractivity contribution in [3.05, 3.63) is 40.8 Å². The zero-order valence-electron chi connectivity index (χ0n) is 15.2. The number of rotatable bonds is 9. The standard InChI is InChI=1S/C20H26O5/c1-4-20(2,3)19(22)24-13-9-5-8-12-23-17-14-18(21)25-16-11-7-6-10-15(16)17/h6-7,10-11,14H,4-5,8-9,12-13H2,1-3H3. The fourth-order valence-electron chi connectivity index (χ4n) is 2.27. The van der Waals surface area contributed by atoms with Crippen LogP contribution >= 0.6 is 0 Å². The second-order valence-corrected chi connectivity index (χ2v) is 6.71. The minimum absolute atomic E-state index is 0.145. The number of hydrogen-bond acceptors (Lipinski definition) is 5. The fraction of sp³-hybridized carbons (Fsp3) is 0.500. The summed E-state index contributed by atoms with van der Waals surface area (Å²) in [7, 11) is 0. The van der Waals surface area contributed by atoms with Crippen LogP contribution in [0.5, 0.6) is 5.75 Å². The quantitative estimate of drug-likeness (QED) is 0.384. The van der Waals surface area contributed by atoms with Crippen LogP contribution in [0.15, 0.2) is 39.5 Å². The van der Waals surface area contributed by atoms with Crippen molar-refractivity contribution < 1.29 is 18.7 Å². The maximum atomic E-state index is 11.8. The van der Waals surface area contributed by atoms with Gasteiger partial charge in [0.1, 0.15) is 11.3 Å². The normalized spacial score (nSPS) is 11.5. The molecular formula is C20H26O5. The van der Waals surface area contributed by atoms with E-state index in [0.29, 0.717) is 24.5 Å². The topological polar surface area (TPSA) is 65.7 Å². The SMILES string of the molecule is CCC(C)(C)C(=O)OCCCCCOc1cc(=O)oc2ccccc12. The summed E-state index contributed by atoms with van der Waals surface area (Å²) in [5.41, 5.74) is -0.312. The third kappa shape index (κ3) is 5.34. The second kappa shape index (κ2) is 8.70. The molecule has 0 saturated heterocycles. The molecular weight excluding hydrogens is 320 g/mol. The Balaban J connectivity index is 1.72. The smallest absolute Gasteiger partial charge is 0.339 e. The average molecular weight is 346 g/mol. The van der Waals surface area contributed by atoms with Gasteiger partial charge in [-0.3, -0.25) is 4.79 Å². The lowest BCUT2D eigenvalue weighted by Gasteiger charge is -2.20. The first kappa shape index (κ1) is 19.0. The Morgan fingerprint density at radius 1 is 1.12 bits per heavy atom. The third-order valence-corrected chi connectivity index (χ3v) is 4.33. The molecule has 0 amide bonds. The van der Waals surface area contributed by atoms with Gasteiger partial charge in [0.05, 0.1) is 30.1 Å². The van der Waals surface area contributed by atoms with E-state index in [1.807, 2.05) is 39.0 Å². The highest BCUT2D eigenvalue weighted by molar-refractivity contribution is 5.82. The minimum atomic E-state index is -0.418. The van der Waals surface area contributed by atoms with E-state index in [-0.39, 0.29) is 5.97 Å².